The molecular formula is C18H17NO6. The van der Waals surface area contributed by atoms with Crippen LogP contribution in [0.3, 0.4) is 0 Å². The highest BCUT2D eigenvalue weighted by molar-refractivity contribution is 5.96. The fourth-order valence-corrected chi connectivity index (χ4v) is 2.20. The summed E-state index contributed by atoms with van der Waals surface area (Å²) in [5.41, 5.74) is 1.29. The van der Waals surface area contributed by atoms with Crippen LogP contribution >= 0.6 is 0 Å². The Morgan fingerprint density at radius 3 is 2.24 bits per heavy atom. The second-order valence-electron chi connectivity index (χ2n) is 5.31. The summed E-state index contributed by atoms with van der Waals surface area (Å²) < 4.78 is 10.0. The van der Waals surface area contributed by atoms with Gasteiger partial charge in [0.15, 0.2) is 0 Å². The molecule has 0 N–H and O–H groups in total. The van der Waals surface area contributed by atoms with Gasteiger partial charge in [0.05, 0.1) is 22.7 Å². The van der Waals surface area contributed by atoms with Crippen molar-refractivity contribution in [3.05, 3.63) is 74.8 Å². The summed E-state index contributed by atoms with van der Waals surface area (Å²) in [5, 5.41) is 11.0. The first-order chi connectivity index (χ1) is 11.9. The van der Waals surface area contributed by atoms with Crippen molar-refractivity contribution in [3.8, 4) is 0 Å². The molecule has 0 aliphatic carbocycles. The normalized spacial score (nSPS) is 10.2. The maximum absolute atomic E-state index is 12.2. The van der Waals surface area contributed by atoms with Gasteiger partial charge in [0.2, 0.25) is 0 Å². The molecule has 7 heteroatoms. The van der Waals surface area contributed by atoms with Crippen LogP contribution in [0, 0.1) is 17.0 Å². The molecule has 0 aliphatic rings. The summed E-state index contributed by atoms with van der Waals surface area (Å²) in [4.78, 5) is 34.4. The standard InChI is InChI=1S/C18H17NO6/c1-3-24-17(20)14-8-15(10-16(9-14)19(22)23)18(21)25-11-13-6-4-5-12(2)7-13/h4-10H,3,11H2,1-2H3. The van der Waals surface area contributed by atoms with Gasteiger partial charge in [0.1, 0.15) is 6.61 Å². The molecule has 0 spiro atoms. The highest BCUT2D eigenvalue weighted by Gasteiger charge is 2.19. The van der Waals surface area contributed by atoms with E-state index in [1.54, 1.807) is 13.0 Å². The first-order valence-corrected chi connectivity index (χ1v) is 7.60. The number of hydrogen-bond acceptors (Lipinski definition) is 6. The van der Waals surface area contributed by atoms with Gasteiger partial charge in [-0.2, -0.15) is 0 Å². The number of hydrogen-bond donors (Lipinski definition) is 0. The second-order valence-corrected chi connectivity index (χ2v) is 5.31. The van der Waals surface area contributed by atoms with E-state index < -0.39 is 16.9 Å². The monoisotopic (exact) mass is 343 g/mol. The predicted molar refractivity (Wildman–Crippen MR) is 89.4 cm³/mol. The van der Waals surface area contributed by atoms with Crippen LogP contribution in [0.2, 0.25) is 0 Å². The molecule has 130 valence electrons. The number of benzene rings is 2. The van der Waals surface area contributed by atoms with E-state index in [1.807, 2.05) is 25.1 Å². The van der Waals surface area contributed by atoms with E-state index in [-0.39, 0.29) is 30.0 Å². The van der Waals surface area contributed by atoms with Crippen LogP contribution < -0.4 is 0 Å². The van der Waals surface area contributed by atoms with Gasteiger partial charge in [-0.05, 0) is 25.5 Å². The summed E-state index contributed by atoms with van der Waals surface area (Å²) in [7, 11) is 0. The number of carbonyl (C=O) groups excluding carboxylic acids is 2. The van der Waals surface area contributed by atoms with Crippen LogP contribution in [0.25, 0.3) is 0 Å². The van der Waals surface area contributed by atoms with Gasteiger partial charge in [0.25, 0.3) is 5.69 Å². The lowest BCUT2D eigenvalue weighted by molar-refractivity contribution is -0.384. The molecule has 7 nitrogen and oxygen atoms in total. The van der Waals surface area contributed by atoms with Crippen molar-refractivity contribution in [1.29, 1.82) is 0 Å². The Bertz CT molecular complexity index is 815. The van der Waals surface area contributed by atoms with E-state index in [0.717, 1.165) is 23.3 Å². The Kier molecular flexibility index (Phi) is 5.84. The molecule has 0 bridgehead atoms. The third-order valence-electron chi connectivity index (χ3n) is 3.33. The third kappa shape index (κ3) is 4.87. The highest BCUT2D eigenvalue weighted by atomic mass is 16.6. The van der Waals surface area contributed by atoms with Crippen molar-refractivity contribution in [2.75, 3.05) is 6.61 Å². The maximum atomic E-state index is 12.2. The molecule has 0 saturated heterocycles. The number of carbonyl (C=O) groups is 2. The molecular weight excluding hydrogens is 326 g/mol. The zero-order valence-corrected chi connectivity index (χ0v) is 13.9. The summed E-state index contributed by atoms with van der Waals surface area (Å²) in [6, 6.07) is 10.8. The Balaban J connectivity index is 2.22. The minimum atomic E-state index is -0.754. The Morgan fingerprint density at radius 2 is 1.68 bits per heavy atom. The Hall–Kier alpha value is -3.22. The lowest BCUT2D eigenvalue weighted by atomic mass is 10.1. The van der Waals surface area contributed by atoms with Gasteiger partial charge < -0.3 is 9.47 Å². The molecule has 0 aliphatic heterocycles. The molecule has 2 aromatic carbocycles. The lowest BCUT2D eigenvalue weighted by Gasteiger charge is -2.07. The SMILES string of the molecule is CCOC(=O)c1cc(C(=O)OCc2cccc(C)c2)cc([N+](=O)[O-])c1. The number of esters is 2. The summed E-state index contributed by atoms with van der Waals surface area (Å²) in [6.07, 6.45) is 0. The van der Waals surface area contributed by atoms with Gasteiger partial charge in [-0.15, -0.1) is 0 Å². The largest absolute Gasteiger partial charge is 0.462 e. The van der Waals surface area contributed by atoms with E-state index in [9.17, 15) is 19.7 Å². The molecule has 0 fully saturated rings. The molecule has 0 radical (unpaired) electrons. The van der Waals surface area contributed by atoms with Crippen LogP contribution in [0.5, 0.6) is 0 Å². The van der Waals surface area contributed by atoms with E-state index >= 15 is 0 Å². The van der Waals surface area contributed by atoms with Gasteiger partial charge in [-0.1, -0.05) is 29.8 Å². The van der Waals surface area contributed by atoms with Gasteiger partial charge in [-0.3, -0.25) is 10.1 Å². The number of aryl methyl sites for hydroxylation is 1. The molecule has 0 saturated carbocycles. The molecule has 0 amide bonds. The number of nitrogens with zero attached hydrogens (tertiary/aromatic N) is 1. The average Bonchev–Trinajstić information content (AvgIpc) is 2.59. The summed E-state index contributed by atoms with van der Waals surface area (Å²) in [6.45, 7) is 3.68. The summed E-state index contributed by atoms with van der Waals surface area (Å²) >= 11 is 0. The minimum Gasteiger partial charge on any atom is -0.462 e. The first kappa shape index (κ1) is 18.1. The van der Waals surface area contributed by atoms with Crippen molar-refractivity contribution < 1.29 is 24.0 Å². The van der Waals surface area contributed by atoms with Crippen LogP contribution in [-0.4, -0.2) is 23.5 Å². The quantitative estimate of drug-likeness (QED) is 0.453. The van der Waals surface area contributed by atoms with E-state index in [2.05, 4.69) is 0 Å². The minimum absolute atomic E-state index is 0.0257. The van der Waals surface area contributed by atoms with Gasteiger partial charge in [0, 0.05) is 12.1 Å². The zero-order chi connectivity index (χ0) is 18.4. The van der Waals surface area contributed by atoms with Gasteiger partial charge in [-0.25, -0.2) is 9.59 Å². The number of rotatable bonds is 6. The fraction of sp³-hybridized carbons (Fsp3) is 0.222. The van der Waals surface area contributed by atoms with Crippen molar-refractivity contribution in [2.24, 2.45) is 0 Å². The lowest BCUT2D eigenvalue weighted by Crippen LogP contribution is -2.10. The number of non-ortho nitro benzene ring substituents is 1. The number of nitro benzene ring substituents is 1. The molecule has 0 heterocycles. The topological polar surface area (TPSA) is 95.7 Å². The molecule has 0 unspecified atom stereocenters. The van der Waals surface area contributed by atoms with Crippen LogP contribution in [0.15, 0.2) is 42.5 Å². The Morgan fingerprint density at radius 1 is 1.04 bits per heavy atom. The second kappa shape index (κ2) is 8.05. The van der Waals surface area contributed by atoms with Crippen LogP contribution in [-0.2, 0) is 16.1 Å². The molecule has 0 aromatic heterocycles. The Labute approximate surface area is 144 Å². The van der Waals surface area contributed by atoms with Crippen LogP contribution in [0.4, 0.5) is 5.69 Å². The maximum Gasteiger partial charge on any atom is 0.338 e. The first-order valence-electron chi connectivity index (χ1n) is 7.60. The molecule has 25 heavy (non-hydrogen) atoms. The molecule has 0 atom stereocenters. The zero-order valence-electron chi connectivity index (χ0n) is 13.9. The van der Waals surface area contributed by atoms with Crippen molar-refractivity contribution >= 4 is 17.6 Å². The highest BCUT2D eigenvalue weighted by Crippen LogP contribution is 2.19. The predicted octanol–water partition coefficient (Wildman–Crippen LogP) is 3.44. The van der Waals surface area contributed by atoms with E-state index in [4.69, 9.17) is 9.47 Å². The number of nitro groups is 1. The van der Waals surface area contributed by atoms with Crippen molar-refractivity contribution in [2.45, 2.75) is 20.5 Å². The molecule has 2 rings (SSSR count). The number of ether oxygens (including phenoxy) is 2. The third-order valence-corrected chi connectivity index (χ3v) is 3.33. The summed E-state index contributed by atoms with van der Waals surface area (Å²) in [5.74, 6) is -1.49. The average molecular weight is 343 g/mol. The van der Waals surface area contributed by atoms with Gasteiger partial charge >= 0.3 is 11.9 Å². The fourth-order valence-electron chi connectivity index (χ4n) is 2.20. The molecule has 2 aromatic rings. The van der Waals surface area contributed by atoms with E-state index in [0.29, 0.717) is 0 Å². The van der Waals surface area contributed by atoms with Crippen molar-refractivity contribution in [3.63, 3.8) is 0 Å². The smallest absolute Gasteiger partial charge is 0.338 e. The van der Waals surface area contributed by atoms with Crippen LogP contribution in [0.1, 0.15) is 38.8 Å². The van der Waals surface area contributed by atoms with E-state index in [1.165, 1.54) is 6.07 Å². The van der Waals surface area contributed by atoms with Crippen molar-refractivity contribution in [1.82, 2.24) is 0 Å².